The average Bonchev–Trinajstić information content (AvgIpc) is 2.88. The van der Waals surface area contributed by atoms with Gasteiger partial charge in [0.15, 0.2) is 0 Å². The highest BCUT2D eigenvalue weighted by Crippen LogP contribution is 2.23. The van der Waals surface area contributed by atoms with Crippen LogP contribution in [0, 0.1) is 5.82 Å². The molecule has 0 amide bonds. The van der Waals surface area contributed by atoms with Gasteiger partial charge >= 0.3 is 0 Å². The van der Waals surface area contributed by atoms with Crippen molar-refractivity contribution in [1.29, 1.82) is 0 Å². The second kappa shape index (κ2) is 6.25. The summed E-state index contributed by atoms with van der Waals surface area (Å²) >= 11 is 3.14. The van der Waals surface area contributed by atoms with Gasteiger partial charge in [0.2, 0.25) is 11.7 Å². The van der Waals surface area contributed by atoms with Crippen LogP contribution in [0.3, 0.4) is 0 Å². The summed E-state index contributed by atoms with van der Waals surface area (Å²) in [5, 5.41) is 7.16. The number of hydrogen-bond acceptors (Lipinski definition) is 4. The average molecular weight is 328 g/mol. The Morgan fingerprint density at radius 1 is 1.47 bits per heavy atom. The van der Waals surface area contributed by atoms with Crippen molar-refractivity contribution >= 4 is 15.9 Å². The van der Waals surface area contributed by atoms with Crippen LogP contribution in [0.15, 0.2) is 27.2 Å². The Morgan fingerprint density at radius 2 is 2.26 bits per heavy atom. The van der Waals surface area contributed by atoms with E-state index in [-0.39, 0.29) is 5.82 Å². The van der Waals surface area contributed by atoms with Gasteiger partial charge in [0, 0.05) is 11.6 Å². The van der Waals surface area contributed by atoms with E-state index in [1.165, 1.54) is 6.07 Å². The van der Waals surface area contributed by atoms with Gasteiger partial charge in [0.05, 0.1) is 11.0 Å². The second-order valence-electron chi connectivity index (χ2n) is 4.33. The standard InChI is InChI=1S/C13H15BrFN3O/c1-3-8(2)16-7-12-17-13(18-19-12)9-4-5-11(15)10(14)6-9/h4-6,8,16H,3,7H2,1-2H3. The molecule has 1 aromatic carbocycles. The monoisotopic (exact) mass is 327 g/mol. The van der Waals surface area contributed by atoms with Gasteiger partial charge in [-0.1, -0.05) is 12.1 Å². The molecule has 19 heavy (non-hydrogen) atoms. The number of benzene rings is 1. The van der Waals surface area contributed by atoms with Gasteiger partial charge in [0.25, 0.3) is 0 Å². The Balaban J connectivity index is 2.09. The minimum Gasteiger partial charge on any atom is -0.338 e. The fraction of sp³-hybridized carbons (Fsp3) is 0.385. The number of halogens is 2. The summed E-state index contributed by atoms with van der Waals surface area (Å²) in [5.74, 6) is 0.670. The molecule has 0 aliphatic rings. The van der Waals surface area contributed by atoms with Crippen LogP contribution in [0.4, 0.5) is 4.39 Å². The highest BCUT2D eigenvalue weighted by Gasteiger charge is 2.10. The molecule has 0 bridgehead atoms. The number of nitrogens with one attached hydrogen (secondary N) is 1. The summed E-state index contributed by atoms with van der Waals surface area (Å²) in [6.45, 7) is 4.73. The first-order valence-corrected chi connectivity index (χ1v) is 6.91. The lowest BCUT2D eigenvalue weighted by atomic mass is 10.2. The predicted octanol–water partition coefficient (Wildman–Crippen LogP) is 3.53. The van der Waals surface area contributed by atoms with E-state index in [4.69, 9.17) is 4.52 Å². The molecule has 0 saturated carbocycles. The molecule has 0 aliphatic heterocycles. The number of nitrogens with zero attached hydrogens (tertiary/aromatic N) is 2. The molecule has 0 radical (unpaired) electrons. The first kappa shape index (κ1) is 14.1. The van der Waals surface area contributed by atoms with Crippen molar-refractivity contribution in [3.05, 3.63) is 34.4 Å². The molecule has 2 rings (SSSR count). The van der Waals surface area contributed by atoms with Crippen LogP contribution in [0.25, 0.3) is 11.4 Å². The molecule has 0 spiro atoms. The highest BCUT2D eigenvalue weighted by molar-refractivity contribution is 9.10. The van der Waals surface area contributed by atoms with Crippen molar-refractivity contribution in [1.82, 2.24) is 15.5 Å². The van der Waals surface area contributed by atoms with E-state index >= 15 is 0 Å². The Labute approximate surface area is 119 Å². The quantitative estimate of drug-likeness (QED) is 0.912. The minimum absolute atomic E-state index is 0.314. The number of rotatable bonds is 5. The van der Waals surface area contributed by atoms with Crippen molar-refractivity contribution in [2.24, 2.45) is 0 Å². The first-order valence-electron chi connectivity index (χ1n) is 6.11. The summed E-state index contributed by atoms with van der Waals surface area (Å²) in [4.78, 5) is 4.27. The third kappa shape index (κ3) is 3.61. The topological polar surface area (TPSA) is 51.0 Å². The summed E-state index contributed by atoms with van der Waals surface area (Å²) in [7, 11) is 0. The predicted molar refractivity (Wildman–Crippen MR) is 74.0 cm³/mol. The molecule has 0 fully saturated rings. The molecule has 1 unspecified atom stereocenters. The first-order chi connectivity index (χ1) is 9.10. The van der Waals surface area contributed by atoms with E-state index in [9.17, 15) is 4.39 Å². The smallest absolute Gasteiger partial charge is 0.240 e. The maximum Gasteiger partial charge on any atom is 0.240 e. The van der Waals surface area contributed by atoms with Crippen LogP contribution in [-0.4, -0.2) is 16.2 Å². The third-order valence-corrected chi connectivity index (χ3v) is 3.47. The van der Waals surface area contributed by atoms with E-state index in [2.05, 4.69) is 45.2 Å². The highest BCUT2D eigenvalue weighted by atomic mass is 79.9. The van der Waals surface area contributed by atoms with E-state index in [1.54, 1.807) is 12.1 Å². The molecule has 0 aliphatic carbocycles. The molecule has 102 valence electrons. The summed E-state index contributed by atoms with van der Waals surface area (Å²) in [5.41, 5.74) is 0.715. The molecule has 2 aromatic rings. The van der Waals surface area contributed by atoms with Gasteiger partial charge < -0.3 is 9.84 Å². The lowest BCUT2D eigenvalue weighted by molar-refractivity contribution is 0.358. The lowest BCUT2D eigenvalue weighted by Gasteiger charge is -2.07. The molecule has 1 N–H and O–H groups in total. The van der Waals surface area contributed by atoms with Gasteiger partial charge in [0.1, 0.15) is 5.82 Å². The van der Waals surface area contributed by atoms with E-state index < -0.39 is 0 Å². The van der Waals surface area contributed by atoms with Gasteiger partial charge in [-0.3, -0.25) is 0 Å². The van der Waals surface area contributed by atoms with Crippen LogP contribution in [0.5, 0.6) is 0 Å². The zero-order chi connectivity index (χ0) is 13.8. The van der Waals surface area contributed by atoms with Crippen molar-refractivity contribution in [3.8, 4) is 11.4 Å². The maximum absolute atomic E-state index is 13.1. The number of aromatic nitrogens is 2. The van der Waals surface area contributed by atoms with Crippen molar-refractivity contribution in [2.45, 2.75) is 32.9 Å². The van der Waals surface area contributed by atoms with E-state index in [0.29, 0.717) is 34.3 Å². The van der Waals surface area contributed by atoms with Crippen LogP contribution in [0.2, 0.25) is 0 Å². The van der Waals surface area contributed by atoms with Crippen LogP contribution < -0.4 is 5.32 Å². The summed E-state index contributed by atoms with van der Waals surface area (Å²) < 4.78 is 18.7. The van der Waals surface area contributed by atoms with Gasteiger partial charge in [-0.05, 0) is 47.5 Å². The zero-order valence-corrected chi connectivity index (χ0v) is 12.4. The van der Waals surface area contributed by atoms with Crippen LogP contribution in [-0.2, 0) is 6.54 Å². The van der Waals surface area contributed by atoms with E-state index in [0.717, 1.165) is 6.42 Å². The largest absolute Gasteiger partial charge is 0.338 e. The Hall–Kier alpha value is -1.27. The third-order valence-electron chi connectivity index (χ3n) is 2.86. The van der Waals surface area contributed by atoms with E-state index in [1.807, 2.05) is 0 Å². The Bertz CT molecular complexity index is 559. The summed E-state index contributed by atoms with van der Waals surface area (Å²) in [6, 6.07) is 5.02. The van der Waals surface area contributed by atoms with Crippen molar-refractivity contribution < 1.29 is 8.91 Å². The number of hydrogen-bond donors (Lipinski definition) is 1. The van der Waals surface area contributed by atoms with Crippen LogP contribution >= 0.6 is 15.9 Å². The molecule has 0 saturated heterocycles. The fourth-order valence-electron chi connectivity index (χ4n) is 1.49. The van der Waals surface area contributed by atoms with Gasteiger partial charge in [-0.25, -0.2) is 4.39 Å². The normalized spacial score (nSPS) is 12.6. The van der Waals surface area contributed by atoms with Crippen molar-refractivity contribution in [2.75, 3.05) is 0 Å². The van der Waals surface area contributed by atoms with Crippen LogP contribution in [0.1, 0.15) is 26.2 Å². The second-order valence-corrected chi connectivity index (χ2v) is 5.19. The maximum atomic E-state index is 13.1. The minimum atomic E-state index is -0.314. The van der Waals surface area contributed by atoms with Crippen molar-refractivity contribution in [3.63, 3.8) is 0 Å². The molecular formula is C13H15BrFN3O. The van der Waals surface area contributed by atoms with Gasteiger partial charge in [-0.2, -0.15) is 4.98 Å². The lowest BCUT2D eigenvalue weighted by Crippen LogP contribution is -2.24. The molecule has 6 heteroatoms. The van der Waals surface area contributed by atoms with Gasteiger partial charge in [-0.15, -0.1) is 0 Å². The Morgan fingerprint density at radius 3 is 2.95 bits per heavy atom. The molecule has 1 atom stereocenters. The SMILES string of the molecule is CCC(C)NCc1nc(-c2ccc(F)c(Br)c2)no1. The fourth-order valence-corrected chi connectivity index (χ4v) is 1.86. The molecule has 4 nitrogen and oxygen atoms in total. The zero-order valence-electron chi connectivity index (χ0n) is 10.8. The molecular weight excluding hydrogens is 313 g/mol. The Kier molecular flexibility index (Phi) is 4.66. The molecule has 1 aromatic heterocycles. The molecule has 1 heterocycles. The summed E-state index contributed by atoms with van der Waals surface area (Å²) in [6.07, 6.45) is 1.03.